The van der Waals surface area contributed by atoms with Crippen molar-refractivity contribution in [2.75, 3.05) is 6.61 Å². The van der Waals surface area contributed by atoms with Crippen LogP contribution in [0.3, 0.4) is 0 Å². The van der Waals surface area contributed by atoms with Crippen LogP contribution in [-0.4, -0.2) is 22.9 Å². The number of hydrogen-bond donors (Lipinski definition) is 2. The number of hydrogen-bond acceptors (Lipinski definition) is 2. The van der Waals surface area contributed by atoms with E-state index >= 15 is 0 Å². The molecule has 0 rings (SSSR count). The van der Waals surface area contributed by atoms with Crippen LogP contribution >= 0.6 is 0 Å². The highest BCUT2D eigenvalue weighted by molar-refractivity contribution is 4.92. The fourth-order valence-corrected chi connectivity index (χ4v) is 1.20. The van der Waals surface area contributed by atoms with Crippen molar-refractivity contribution in [3.63, 3.8) is 0 Å². The molecule has 71 valence electrons. The zero-order chi connectivity index (χ0) is 9.61. The van der Waals surface area contributed by atoms with Crippen LogP contribution in [0.1, 0.15) is 26.7 Å². The van der Waals surface area contributed by atoms with Crippen LogP contribution < -0.4 is 0 Å². The van der Waals surface area contributed by atoms with Crippen LogP contribution in [-0.2, 0) is 0 Å². The van der Waals surface area contributed by atoms with Gasteiger partial charge in [-0.05, 0) is 25.2 Å². The summed E-state index contributed by atoms with van der Waals surface area (Å²) in [4.78, 5) is 0. The molecule has 0 aliphatic rings. The fourth-order valence-electron chi connectivity index (χ4n) is 1.20. The van der Waals surface area contributed by atoms with Crippen molar-refractivity contribution in [1.29, 1.82) is 0 Å². The zero-order valence-corrected chi connectivity index (χ0v) is 7.95. The van der Waals surface area contributed by atoms with Crippen molar-refractivity contribution in [3.05, 3.63) is 19.1 Å². The third kappa shape index (κ3) is 5.33. The SMILES string of the molecule is [CH2]C=CC(O)CC(C)(C)CCO. The lowest BCUT2D eigenvalue weighted by Crippen LogP contribution is -2.20. The summed E-state index contributed by atoms with van der Waals surface area (Å²) in [6.07, 6.45) is 4.21. The van der Waals surface area contributed by atoms with E-state index in [2.05, 4.69) is 6.92 Å². The van der Waals surface area contributed by atoms with Gasteiger partial charge in [-0.25, -0.2) is 0 Å². The maximum Gasteiger partial charge on any atom is 0.0726 e. The van der Waals surface area contributed by atoms with Gasteiger partial charge in [0.1, 0.15) is 0 Å². The Hall–Kier alpha value is -0.340. The van der Waals surface area contributed by atoms with Gasteiger partial charge in [-0.15, -0.1) is 0 Å². The zero-order valence-electron chi connectivity index (χ0n) is 7.95. The van der Waals surface area contributed by atoms with Gasteiger partial charge in [0.25, 0.3) is 0 Å². The van der Waals surface area contributed by atoms with E-state index in [1.165, 1.54) is 0 Å². The van der Waals surface area contributed by atoms with Crippen molar-refractivity contribution in [2.45, 2.75) is 32.8 Å². The Kier molecular flexibility index (Phi) is 5.18. The standard InChI is InChI=1S/C10H19O2/c1-4-5-9(12)8-10(2,3)6-7-11/h4-5,9,11-12H,1,6-8H2,2-3H3. The van der Waals surface area contributed by atoms with Gasteiger partial charge < -0.3 is 10.2 Å². The van der Waals surface area contributed by atoms with Crippen LogP contribution in [0, 0.1) is 12.3 Å². The Morgan fingerprint density at radius 2 is 2.08 bits per heavy atom. The van der Waals surface area contributed by atoms with E-state index in [-0.39, 0.29) is 12.0 Å². The molecule has 0 fully saturated rings. The van der Waals surface area contributed by atoms with Crippen LogP contribution in [0.2, 0.25) is 0 Å². The molecule has 0 aliphatic carbocycles. The second kappa shape index (κ2) is 5.33. The quantitative estimate of drug-likeness (QED) is 0.658. The number of rotatable bonds is 5. The van der Waals surface area contributed by atoms with Gasteiger partial charge in [0.05, 0.1) is 6.10 Å². The number of aliphatic hydroxyl groups is 2. The molecule has 1 radical (unpaired) electrons. The minimum Gasteiger partial charge on any atom is -0.396 e. The van der Waals surface area contributed by atoms with E-state index in [0.29, 0.717) is 6.42 Å². The molecule has 0 aromatic carbocycles. The van der Waals surface area contributed by atoms with E-state index in [1.807, 2.05) is 13.8 Å². The first-order valence-electron chi connectivity index (χ1n) is 4.26. The molecule has 0 heterocycles. The Balaban J connectivity index is 3.87. The largest absolute Gasteiger partial charge is 0.396 e. The molecule has 2 nitrogen and oxygen atoms in total. The van der Waals surface area contributed by atoms with Crippen molar-refractivity contribution in [1.82, 2.24) is 0 Å². The topological polar surface area (TPSA) is 40.5 Å². The molecule has 2 heteroatoms. The predicted octanol–water partition coefficient (Wildman–Crippen LogP) is 1.54. The lowest BCUT2D eigenvalue weighted by atomic mass is 9.83. The third-order valence-electron chi connectivity index (χ3n) is 1.91. The molecule has 0 aliphatic heterocycles. The highest BCUT2D eigenvalue weighted by atomic mass is 16.3. The van der Waals surface area contributed by atoms with Crippen LogP contribution in [0.4, 0.5) is 0 Å². The molecule has 1 atom stereocenters. The molecule has 1 unspecified atom stereocenters. The minimum atomic E-state index is -0.441. The molecule has 0 amide bonds. The summed E-state index contributed by atoms with van der Waals surface area (Å²) in [5, 5.41) is 18.1. The second-order valence-electron chi connectivity index (χ2n) is 3.84. The lowest BCUT2D eigenvalue weighted by molar-refractivity contribution is 0.127. The van der Waals surface area contributed by atoms with Gasteiger partial charge >= 0.3 is 0 Å². The van der Waals surface area contributed by atoms with Gasteiger partial charge in [-0.2, -0.15) is 0 Å². The summed E-state index contributed by atoms with van der Waals surface area (Å²) in [5.74, 6) is 0. The average Bonchev–Trinajstić information content (AvgIpc) is 1.85. The maximum atomic E-state index is 9.40. The van der Waals surface area contributed by atoms with E-state index < -0.39 is 6.10 Å². The minimum absolute atomic E-state index is 0.00627. The molecule has 12 heavy (non-hydrogen) atoms. The van der Waals surface area contributed by atoms with Crippen molar-refractivity contribution in [2.24, 2.45) is 5.41 Å². The van der Waals surface area contributed by atoms with E-state index in [1.54, 1.807) is 12.2 Å². The summed E-state index contributed by atoms with van der Waals surface area (Å²) in [6.45, 7) is 7.75. The van der Waals surface area contributed by atoms with Crippen LogP contribution in [0.15, 0.2) is 12.2 Å². The summed E-state index contributed by atoms with van der Waals surface area (Å²) < 4.78 is 0. The monoisotopic (exact) mass is 171 g/mol. The molecule has 0 saturated carbocycles. The van der Waals surface area contributed by atoms with Crippen molar-refractivity contribution < 1.29 is 10.2 Å². The van der Waals surface area contributed by atoms with Gasteiger partial charge in [0, 0.05) is 6.61 Å². The molecule has 0 aromatic rings. The first-order chi connectivity index (χ1) is 5.52. The summed E-state index contributed by atoms with van der Waals surface area (Å²) in [7, 11) is 0. The molecule has 0 spiro atoms. The first kappa shape index (κ1) is 11.7. The Labute approximate surface area is 74.9 Å². The van der Waals surface area contributed by atoms with Gasteiger partial charge in [0.15, 0.2) is 0 Å². The smallest absolute Gasteiger partial charge is 0.0726 e. The molecule has 0 bridgehead atoms. The lowest BCUT2D eigenvalue weighted by Gasteiger charge is -2.25. The second-order valence-corrected chi connectivity index (χ2v) is 3.84. The van der Waals surface area contributed by atoms with Crippen molar-refractivity contribution in [3.8, 4) is 0 Å². The van der Waals surface area contributed by atoms with Crippen LogP contribution in [0.25, 0.3) is 0 Å². The van der Waals surface area contributed by atoms with Gasteiger partial charge in [-0.1, -0.05) is 26.0 Å². The fraction of sp³-hybridized carbons (Fsp3) is 0.700. The molecule has 0 saturated heterocycles. The summed E-state index contributed by atoms with van der Waals surface area (Å²) in [6, 6.07) is 0. The molecular weight excluding hydrogens is 152 g/mol. The van der Waals surface area contributed by atoms with E-state index in [0.717, 1.165) is 6.42 Å². The molecule has 0 aromatic heterocycles. The highest BCUT2D eigenvalue weighted by Crippen LogP contribution is 2.26. The third-order valence-corrected chi connectivity index (χ3v) is 1.91. The van der Waals surface area contributed by atoms with E-state index in [4.69, 9.17) is 5.11 Å². The first-order valence-corrected chi connectivity index (χ1v) is 4.26. The molecule has 2 N–H and O–H groups in total. The predicted molar refractivity (Wildman–Crippen MR) is 50.6 cm³/mol. The van der Waals surface area contributed by atoms with Crippen molar-refractivity contribution >= 4 is 0 Å². The van der Waals surface area contributed by atoms with Crippen LogP contribution in [0.5, 0.6) is 0 Å². The Morgan fingerprint density at radius 1 is 1.50 bits per heavy atom. The van der Waals surface area contributed by atoms with Gasteiger partial charge in [0.2, 0.25) is 0 Å². The number of aliphatic hydroxyl groups excluding tert-OH is 2. The summed E-state index contributed by atoms with van der Waals surface area (Å²) in [5.41, 5.74) is -0.00627. The summed E-state index contributed by atoms with van der Waals surface area (Å²) >= 11 is 0. The average molecular weight is 171 g/mol. The highest BCUT2D eigenvalue weighted by Gasteiger charge is 2.19. The Bertz CT molecular complexity index is 139. The Morgan fingerprint density at radius 3 is 2.50 bits per heavy atom. The van der Waals surface area contributed by atoms with E-state index in [9.17, 15) is 5.11 Å². The maximum absolute atomic E-state index is 9.40. The van der Waals surface area contributed by atoms with Gasteiger partial charge in [-0.3, -0.25) is 0 Å². The number of allylic oxidation sites excluding steroid dienone is 1. The normalized spacial score (nSPS) is 15.4. The molecular formula is C10H19O2.